The predicted octanol–water partition coefficient (Wildman–Crippen LogP) is 1.68. The molecule has 0 aliphatic carbocycles. The highest BCUT2D eigenvalue weighted by Crippen LogP contribution is 2.06. The van der Waals surface area contributed by atoms with Gasteiger partial charge in [0.15, 0.2) is 0 Å². The second kappa shape index (κ2) is 6.83. The van der Waals surface area contributed by atoms with Crippen LogP contribution >= 0.6 is 0 Å². The fraction of sp³-hybridized carbons (Fsp3) is 0.571. The number of rotatable bonds is 5. The van der Waals surface area contributed by atoms with Crippen LogP contribution in [0.15, 0.2) is 24.3 Å². The summed E-state index contributed by atoms with van der Waals surface area (Å²) >= 11 is 0. The first-order valence-corrected chi connectivity index (χ1v) is 6.53. The number of ether oxygens (including phenoxy) is 1. The Balaban J connectivity index is 1.72. The molecular weight excluding hydrogens is 231 g/mol. The fourth-order valence-corrected chi connectivity index (χ4v) is 2.22. The third-order valence-corrected chi connectivity index (χ3v) is 3.18. The molecule has 1 saturated heterocycles. The van der Waals surface area contributed by atoms with Gasteiger partial charge in [-0.2, -0.15) is 0 Å². The van der Waals surface area contributed by atoms with Crippen molar-refractivity contribution in [1.82, 2.24) is 10.6 Å². The van der Waals surface area contributed by atoms with Gasteiger partial charge in [0.05, 0.1) is 13.2 Å². The van der Waals surface area contributed by atoms with Crippen molar-refractivity contribution < 1.29 is 9.13 Å². The third-order valence-electron chi connectivity index (χ3n) is 3.18. The Kier molecular flexibility index (Phi) is 5.11. The van der Waals surface area contributed by atoms with E-state index < -0.39 is 0 Å². The Morgan fingerprint density at radius 3 is 3.17 bits per heavy atom. The Morgan fingerprint density at radius 2 is 2.44 bits per heavy atom. The molecule has 2 rings (SSSR count). The Hall–Kier alpha value is -0.970. The summed E-state index contributed by atoms with van der Waals surface area (Å²) < 4.78 is 18.4. The molecule has 100 valence electrons. The van der Waals surface area contributed by atoms with E-state index in [4.69, 9.17) is 4.74 Å². The third kappa shape index (κ3) is 4.37. The number of benzene rings is 1. The average molecular weight is 252 g/mol. The highest BCUT2D eigenvalue weighted by atomic mass is 19.1. The van der Waals surface area contributed by atoms with Gasteiger partial charge in [0, 0.05) is 25.2 Å². The van der Waals surface area contributed by atoms with Crippen LogP contribution in [0.3, 0.4) is 0 Å². The molecule has 1 aromatic carbocycles. The number of morpholine rings is 1. The Bertz CT molecular complexity index is 367. The minimum absolute atomic E-state index is 0.177. The molecule has 0 saturated carbocycles. The quantitative estimate of drug-likeness (QED) is 0.836. The zero-order valence-electron chi connectivity index (χ0n) is 10.8. The molecule has 18 heavy (non-hydrogen) atoms. The Labute approximate surface area is 108 Å². The van der Waals surface area contributed by atoms with Crippen molar-refractivity contribution in [3.63, 3.8) is 0 Å². The first-order chi connectivity index (χ1) is 8.74. The van der Waals surface area contributed by atoms with E-state index in [9.17, 15) is 4.39 Å². The van der Waals surface area contributed by atoms with E-state index in [2.05, 4.69) is 17.6 Å². The molecule has 1 heterocycles. The van der Waals surface area contributed by atoms with Crippen molar-refractivity contribution in [1.29, 1.82) is 0 Å². The van der Waals surface area contributed by atoms with E-state index in [-0.39, 0.29) is 5.82 Å². The van der Waals surface area contributed by atoms with Crippen molar-refractivity contribution in [3.8, 4) is 0 Å². The monoisotopic (exact) mass is 252 g/mol. The highest BCUT2D eigenvalue weighted by molar-refractivity contribution is 5.16. The van der Waals surface area contributed by atoms with Crippen LogP contribution in [0.25, 0.3) is 0 Å². The summed E-state index contributed by atoms with van der Waals surface area (Å²) in [5.74, 6) is -0.177. The van der Waals surface area contributed by atoms with Gasteiger partial charge in [-0.25, -0.2) is 4.39 Å². The summed E-state index contributed by atoms with van der Waals surface area (Å²) in [5, 5.41) is 6.84. The topological polar surface area (TPSA) is 33.3 Å². The molecule has 0 amide bonds. The first kappa shape index (κ1) is 13.5. The molecule has 4 heteroatoms. The van der Waals surface area contributed by atoms with Gasteiger partial charge in [-0.05, 0) is 31.0 Å². The maximum atomic E-state index is 13.0. The van der Waals surface area contributed by atoms with Crippen LogP contribution < -0.4 is 10.6 Å². The lowest BCUT2D eigenvalue weighted by Gasteiger charge is -2.26. The summed E-state index contributed by atoms with van der Waals surface area (Å²) in [4.78, 5) is 0. The van der Waals surface area contributed by atoms with Crippen molar-refractivity contribution >= 4 is 0 Å². The maximum absolute atomic E-state index is 13.0. The van der Waals surface area contributed by atoms with E-state index in [1.165, 1.54) is 6.07 Å². The summed E-state index contributed by atoms with van der Waals surface area (Å²) in [6, 6.07) is 7.53. The Morgan fingerprint density at radius 1 is 1.56 bits per heavy atom. The highest BCUT2D eigenvalue weighted by Gasteiger charge is 2.15. The van der Waals surface area contributed by atoms with Gasteiger partial charge < -0.3 is 15.4 Å². The van der Waals surface area contributed by atoms with Gasteiger partial charge in [-0.15, -0.1) is 0 Å². The van der Waals surface area contributed by atoms with Gasteiger partial charge in [-0.1, -0.05) is 12.1 Å². The lowest BCUT2D eigenvalue weighted by atomic mass is 10.1. The zero-order valence-corrected chi connectivity index (χ0v) is 10.8. The molecule has 2 atom stereocenters. The number of hydrogen-bond donors (Lipinski definition) is 2. The largest absolute Gasteiger partial charge is 0.379 e. The van der Waals surface area contributed by atoms with E-state index in [0.29, 0.717) is 18.6 Å². The molecule has 1 aliphatic heterocycles. The number of halogens is 1. The lowest BCUT2D eigenvalue weighted by molar-refractivity contribution is 0.0712. The van der Waals surface area contributed by atoms with Gasteiger partial charge in [0.25, 0.3) is 0 Å². The molecule has 1 aromatic rings. The summed E-state index contributed by atoms with van der Waals surface area (Å²) in [5.41, 5.74) is 0.981. The van der Waals surface area contributed by atoms with Gasteiger partial charge in [0.2, 0.25) is 0 Å². The van der Waals surface area contributed by atoms with Crippen molar-refractivity contribution in [3.05, 3.63) is 35.6 Å². The predicted molar refractivity (Wildman–Crippen MR) is 69.9 cm³/mol. The van der Waals surface area contributed by atoms with Crippen LogP contribution in [0.4, 0.5) is 4.39 Å². The smallest absolute Gasteiger partial charge is 0.123 e. The van der Waals surface area contributed by atoms with Gasteiger partial charge in [0.1, 0.15) is 5.82 Å². The molecule has 0 radical (unpaired) electrons. The average Bonchev–Trinajstić information content (AvgIpc) is 2.38. The summed E-state index contributed by atoms with van der Waals surface area (Å²) in [6.07, 6.45) is 1.02. The molecule has 2 unspecified atom stereocenters. The van der Waals surface area contributed by atoms with Crippen LogP contribution in [0.2, 0.25) is 0 Å². The first-order valence-electron chi connectivity index (χ1n) is 6.53. The maximum Gasteiger partial charge on any atom is 0.123 e. The number of hydrogen-bond acceptors (Lipinski definition) is 3. The van der Waals surface area contributed by atoms with Crippen molar-refractivity contribution in [2.24, 2.45) is 0 Å². The van der Waals surface area contributed by atoms with Crippen LogP contribution in [0.5, 0.6) is 0 Å². The fourth-order valence-electron chi connectivity index (χ4n) is 2.22. The van der Waals surface area contributed by atoms with Crippen molar-refractivity contribution in [2.45, 2.75) is 32.0 Å². The lowest BCUT2D eigenvalue weighted by Crippen LogP contribution is -2.44. The molecule has 1 aliphatic rings. The molecule has 0 aromatic heterocycles. The SMILES string of the molecule is CC(CC1COCCN1)NCc1cccc(F)c1. The van der Waals surface area contributed by atoms with Crippen LogP contribution in [-0.2, 0) is 11.3 Å². The second-order valence-electron chi connectivity index (χ2n) is 4.87. The minimum atomic E-state index is -0.177. The minimum Gasteiger partial charge on any atom is -0.379 e. The molecule has 3 nitrogen and oxygen atoms in total. The van der Waals surface area contributed by atoms with Gasteiger partial charge >= 0.3 is 0 Å². The van der Waals surface area contributed by atoms with Crippen LogP contribution in [0.1, 0.15) is 18.9 Å². The molecular formula is C14H21FN2O. The second-order valence-corrected chi connectivity index (χ2v) is 4.87. The molecule has 0 bridgehead atoms. The molecule has 2 N–H and O–H groups in total. The standard InChI is InChI=1S/C14H21FN2O/c1-11(7-14-10-18-6-5-16-14)17-9-12-3-2-4-13(15)8-12/h2-4,8,11,14,16-17H,5-7,9-10H2,1H3. The van der Waals surface area contributed by atoms with Crippen LogP contribution in [0, 0.1) is 5.82 Å². The van der Waals surface area contributed by atoms with E-state index in [0.717, 1.165) is 31.7 Å². The summed E-state index contributed by atoms with van der Waals surface area (Å²) in [6.45, 7) is 5.37. The molecule has 0 spiro atoms. The normalized spacial score (nSPS) is 21.8. The zero-order chi connectivity index (χ0) is 12.8. The van der Waals surface area contributed by atoms with Crippen LogP contribution in [-0.4, -0.2) is 31.8 Å². The van der Waals surface area contributed by atoms with Crippen molar-refractivity contribution in [2.75, 3.05) is 19.8 Å². The van der Waals surface area contributed by atoms with Gasteiger partial charge in [-0.3, -0.25) is 0 Å². The molecule has 1 fully saturated rings. The van der Waals surface area contributed by atoms with E-state index >= 15 is 0 Å². The van der Waals surface area contributed by atoms with E-state index in [1.54, 1.807) is 12.1 Å². The van der Waals surface area contributed by atoms with E-state index in [1.807, 2.05) is 6.07 Å². The summed E-state index contributed by atoms with van der Waals surface area (Å²) in [7, 11) is 0. The number of nitrogens with one attached hydrogen (secondary N) is 2.